The molecular formula is C20H25N3O3. The standard InChI is InChI=1S/C20H25N3O3/c1-23(16-6-12-9-19(24)21-10-14(12)7-16)11-15-5-13-8-17(26-2)3-4-18(13)22-20(15)25/h3-5,8,12,14,16H,6-7,9-11H2,1-2H3,(H,21,24)(H,22,25)/t12-,14+,16-/m1/s1. The number of hydrogen-bond donors (Lipinski definition) is 2. The van der Waals surface area contributed by atoms with E-state index in [0.717, 1.165) is 41.6 Å². The molecule has 1 aliphatic heterocycles. The van der Waals surface area contributed by atoms with Gasteiger partial charge in [0.2, 0.25) is 5.91 Å². The molecule has 1 saturated heterocycles. The number of fused-ring (bicyclic) bond motifs is 2. The van der Waals surface area contributed by atoms with Crippen molar-refractivity contribution in [3.8, 4) is 5.75 Å². The molecule has 4 rings (SSSR count). The molecular weight excluding hydrogens is 330 g/mol. The lowest BCUT2D eigenvalue weighted by Gasteiger charge is -2.24. The van der Waals surface area contributed by atoms with Crippen molar-refractivity contribution < 1.29 is 9.53 Å². The molecule has 0 spiro atoms. The molecule has 1 amide bonds. The molecule has 1 aromatic heterocycles. The summed E-state index contributed by atoms with van der Waals surface area (Å²) in [6.07, 6.45) is 2.76. The van der Waals surface area contributed by atoms with Crippen molar-refractivity contribution in [3.05, 3.63) is 40.2 Å². The van der Waals surface area contributed by atoms with Crippen molar-refractivity contribution in [1.29, 1.82) is 0 Å². The van der Waals surface area contributed by atoms with Crippen LogP contribution in [0.25, 0.3) is 10.9 Å². The highest BCUT2D eigenvalue weighted by Crippen LogP contribution is 2.38. The number of amides is 1. The highest BCUT2D eigenvalue weighted by molar-refractivity contribution is 5.80. The maximum absolute atomic E-state index is 12.5. The second kappa shape index (κ2) is 6.76. The summed E-state index contributed by atoms with van der Waals surface area (Å²) in [5, 5.41) is 3.95. The van der Waals surface area contributed by atoms with E-state index in [4.69, 9.17) is 4.74 Å². The van der Waals surface area contributed by atoms with Crippen LogP contribution in [0.1, 0.15) is 24.8 Å². The van der Waals surface area contributed by atoms with E-state index in [2.05, 4.69) is 22.2 Å². The highest BCUT2D eigenvalue weighted by atomic mass is 16.5. The minimum absolute atomic E-state index is 0.0400. The Labute approximate surface area is 152 Å². The van der Waals surface area contributed by atoms with Crippen LogP contribution < -0.4 is 15.6 Å². The molecule has 2 aliphatic rings. The molecule has 0 radical (unpaired) electrons. The summed E-state index contributed by atoms with van der Waals surface area (Å²) >= 11 is 0. The molecule has 0 bridgehead atoms. The maximum atomic E-state index is 12.5. The van der Waals surface area contributed by atoms with Crippen molar-refractivity contribution in [2.24, 2.45) is 11.8 Å². The number of methoxy groups -OCH3 is 1. The number of ether oxygens (including phenoxy) is 1. The van der Waals surface area contributed by atoms with E-state index in [-0.39, 0.29) is 11.5 Å². The normalized spacial score (nSPS) is 25.3. The second-order valence-electron chi connectivity index (χ2n) is 7.65. The average molecular weight is 355 g/mol. The predicted molar refractivity (Wildman–Crippen MR) is 100 cm³/mol. The number of H-pyrrole nitrogens is 1. The Morgan fingerprint density at radius 1 is 1.19 bits per heavy atom. The zero-order valence-electron chi connectivity index (χ0n) is 15.2. The van der Waals surface area contributed by atoms with E-state index in [9.17, 15) is 9.59 Å². The summed E-state index contributed by atoms with van der Waals surface area (Å²) in [6, 6.07) is 8.03. The first-order chi connectivity index (χ1) is 12.5. The van der Waals surface area contributed by atoms with Crippen LogP contribution in [-0.4, -0.2) is 42.5 Å². The van der Waals surface area contributed by atoms with Gasteiger partial charge < -0.3 is 15.0 Å². The molecule has 1 aliphatic carbocycles. The first-order valence-corrected chi connectivity index (χ1v) is 9.20. The summed E-state index contributed by atoms with van der Waals surface area (Å²) in [4.78, 5) is 29.3. The maximum Gasteiger partial charge on any atom is 0.252 e. The number of aromatic nitrogens is 1. The number of rotatable bonds is 4. The lowest BCUT2D eigenvalue weighted by Crippen LogP contribution is -2.38. The third kappa shape index (κ3) is 3.21. The SMILES string of the molecule is COc1ccc2[nH]c(=O)c(CN(C)[C@H]3C[C@H]4CNC(=O)C[C@H]4C3)cc2c1. The number of nitrogens with one attached hydrogen (secondary N) is 2. The van der Waals surface area contributed by atoms with Gasteiger partial charge in [-0.05, 0) is 56.0 Å². The number of aromatic amines is 1. The van der Waals surface area contributed by atoms with Crippen molar-refractivity contribution in [3.63, 3.8) is 0 Å². The average Bonchev–Trinajstić information content (AvgIpc) is 3.05. The van der Waals surface area contributed by atoms with Gasteiger partial charge in [0, 0.05) is 42.0 Å². The van der Waals surface area contributed by atoms with Gasteiger partial charge in [-0.1, -0.05) is 0 Å². The van der Waals surface area contributed by atoms with Crippen molar-refractivity contribution in [1.82, 2.24) is 15.2 Å². The summed E-state index contributed by atoms with van der Waals surface area (Å²) in [5.41, 5.74) is 1.54. The number of benzene rings is 1. The minimum Gasteiger partial charge on any atom is -0.497 e. The van der Waals surface area contributed by atoms with E-state index in [1.54, 1.807) is 7.11 Å². The first kappa shape index (κ1) is 17.1. The lowest BCUT2D eigenvalue weighted by molar-refractivity contribution is -0.124. The summed E-state index contributed by atoms with van der Waals surface area (Å²) in [5.74, 6) is 2.00. The van der Waals surface area contributed by atoms with Crippen molar-refractivity contribution >= 4 is 16.8 Å². The Morgan fingerprint density at radius 3 is 2.81 bits per heavy atom. The van der Waals surface area contributed by atoms with Gasteiger partial charge in [0.1, 0.15) is 5.75 Å². The van der Waals surface area contributed by atoms with Crippen LogP contribution in [0.4, 0.5) is 0 Å². The zero-order valence-corrected chi connectivity index (χ0v) is 15.2. The van der Waals surface area contributed by atoms with E-state index in [1.165, 1.54) is 0 Å². The van der Waals surface area contributed by atoms with Gasteiger partial charge in [0.15, 0.2) is 0 Å². The van der Waals surface area contributed by atoms with Gasteiger partial charge in [-0.25, -0.2) is 0 Å². The van der Waals surface area contributed by atoms with Crippen LogP contribution in [0.2, 0.25) is 0 Å². The largest absolute Gasteiger partial charge is 0.497 e. The zero-order chi connectivity index (χ0) is 18.3. The van der Waals surface area contributed by atoms with E-state index in [1.807, 2.05) is 24.3 Å². The molecule has 1 saturated carbocycles. The smallest absolute Gasteiger partial charge is 0.252 e. The molecule has 1 aromatic carbocycles. The number of piperidine rings is 1. The van der Waals surface area contributed by atoms with Gasteiger partial charge >= 0.3 is 0 Å². The Morgan fingerprint density at radius 2 is 2.00 bits per heavy atom. The number of carbonyl (C=O) groups is 1. The number of hydrogen-bond acceptors (Lipinski definition) is 4. The molecule has 2 aromatic rings. The fraction of sp³-hybridized carbons (Fsp3) is 0.500. The van der Waals surface area contributed by atoms with E-state index >= 15 is 0 Å². The summed E-state index contributed by atoms with van der Waals surface area (Å²) in [7, 11) is 3.72. The Balaban J connectivity index is 1.52. The highest BCUT2D eigenvalue weighted by Gasteiger charge is 2.39. The molecule has 2 fully saturated rings. The molecule has 2 heterocycles. The molecule has 2 N–H and O–H groups in total. The molecule has 0 unspecified atom stereocenters. The molecule has 3 atom stereocenters. The third-order valence-electron chi connectivity index (χ3n) is 6.00. The fourth-order valence-electron chi connectivity index (χ4n) is 4.47. The van der Waals surface area contributed by atoms with E-state index in [0.29, 0.717) is 30.8 Å². The quantitative estimate of drug-likeness (QED) is 0.878. The fourth-order valence-corrected chi connectivity index (χ4v) is 4.47. The molecule has 138 valence electrons. The number of carbonyl (C=O) groups excluding carboxylic acids is 1. The minimum atomic E-state index is -0.0400. The van der Waals surface area contributed by atoms with Crippen LogP contribution in [-0.2, 0) is 11.3 Å². The summed E-state index contributed by atoms with van der Waals surface area (Å²) in [6.45, 7) is 1.40. The number of nitrogens with zero attached hydrogens (tertiary/aromatic N) is 1. The van der Waals surface area contributed by atoms with Crippen LogP contribution in [0.15, 0.2) is 29.1 Å². The van der Waals surface area contributed by atoms with Crippen LogP contribution >= 0.6 is 0 Å². The van der Waals surface area contributed by atoms with E-state index < -0.39 is 0 Å². The number of pyridine rings is 1. The first-order valence-electron chi connectivity index (χ1n) is 9.20. The van der Waals surface area contributed by atoms with Crippen molar-refractivity contribution in [2.45, 2.75) is 31.8 Å². The topological polar surface area (TPSA) is 74.4 Å². The summed E-state index contributed by atoms with van der Waals surface area (Å²) < 4.78 is 5.28. The predicted octanol–water partition coefficient (Wildman–Crippen LogP) is 1.88. The van der Waals surface area contributed by atoms with Gasteiger partial charge in [0.25, 0.3) is 5.56 Å². The van der Waals surface area contributed by atoms with Crippen molar-refractivity contribution in [2.75, 3.05) is 20.7 Å². The van der Waals surface area contributed by atoms with Crippen LogP contribution in [0, 0.1) is 11.8 Å². The molecule has 26 heavy (non-hydrogen) atoms. The molecule has 6 nitrogen and oxygen atoms in total. The van der Waals surface area contributed by atoms with Gasteiger partial charge in [-0.3, -0.25) is 14.5 Å². The van der Waals surface area contributed by atoms with Crippen LogP contribution in [0.5, 0.6) is 5.75 Å². The van der Waals surface area contributed by atoms with Gasteiger partial charge in [0.05, 0.1) is 7.11 Å². The van der Waals surface area contributed by atoms with Crippen LogP contribution in [0.3, 0.4) is 0 Å². The van der Waals surface area contributed by atoms with Gasteiger partial charge in [-0.2, -0.15) is 0 Å². The Bertz CT molecular complexity index is 891. The lowest BCUT2D eigenvalue weighted by atomic mass is 9.89. The second-order valence-corrected chi connectivity index (χ2v) is 7.65. The van der Waals surface area contributed by atoms with Gasteiger partial charge in [-0.15, -0.1) is 0 Å². The monoisotopic (exact) mass is 355 g/mol. The third-order valence-corrected chi connectivity index (χ3v) is 6.00. The Kier molecular flexibility index (Phi) is 4.44. The molecule has 6 heteroatoms. The Hall–Kier alpha value is -2.34.